The van der Waals surface area contributed by atoms with Crippen LogP contribution in [0.1, 0.15) is 51.3 Å². The fourth-order valence-electron chi connectivity index (χ4n) is 1.83. The highest BCUT2D eigenvalue weighted by Gasteiger charge is 2.14. The van der Waals surface area contributed by atoms with Gasteiger partial charge in [0.15, 0.2) is 0 Å². The Bertz CT molecular complexity index is 302. The zero-order valence-corrected chi connectivity index (χ0v) is 10.9. The quantitative estimate of drug-likeness (QED) is 0.730. The topological polar surface area (TPSA) is 24.9 Å². The average Bonchev–Trinajstić information content (AvgIpc) is 2.29. The number of hydrogen-bond donors (Lipinski definition) is 1. The van der Waals surface area contributed by atoms with Crippen LogP contribution in [-0.2, 0) is 0 Å². The molecule has 16 heavy (non-hydrogen) atoms. The molecule has 2 nitrogen and oxygen atoms in total. The van der Waals surface area contributed by atoms with Gasteiger partial charge in [-0.15, -0.1) is 0 Å². The number of rotatable bonds is 7. The molecule has 0 bridgehead atoms. The molecule has 0 saturated heterocycles. The first kappa shape index (κ1) is 13.5. The molecule has 1 aromatic rings. The minimum absolute atomic E-state index is 0.297. The van der Waals surface area contributed by atoms with Crippen molar-refractivity contribution in [2.75, 3.05) is 6.54 Å². The Labute approximate surface area is 103 Å². The number of halogens is 1. The van der Waals surface area contributed by atoms with Crippen LogP contribution in [0.3, 0.4) is 0 Å². The molecule has 0 amide bonds. The molecule has 0 spiro atoms. The summed E-state index contributed by atoms with van der Waals surface area (Å²) in [7, 11) is 0. The number of nitrogens with zero attached hydrogens (tertiary/aromatic N) is 1. The summed E-state index contributed by atoms with van der Waals surface area (Å²) in [5.74, 6) is 0. The normalized spacial score (nSPS) is 12.7. The molecular formula is C13H21ClN2. The van der Waals surface area contributed by atoms with Crippen LogP contribution in [0.2, 0.25) is 5.02 Å². The molecule has 0 saturated carbocycles. The van der Waals surface area contributed by atoms with Crippen LogP contribution in [0.25, 0.3) is 0 Å². The van der Waals surface area contributed by atoms with Gasteiger partial charge < -0.3 is 5.32 Å². The first-order valence-corrected chi connectivity index (χ1v) is 6.51. The predicted molar refractivity (Wildman–Crippen MR) is 69.8 cm³/mol. The summed E-state index contributed by atoms with van der Waals surface area (Å²) in [4.78, 5) is 4.38. The third-order valence-electron chi connectivity index (χ3n) is 2.66. The molecule has 0 fully saturated rings. The third kappa shape index (κ3) is 4.11. The summed E-state index contributed by atoms with van der Waals surface area (Å²) in [6.07, 6.45) is 6.66. The zero-order valence-electron chi connectivity index (χ0n) is 10.2. The number of unbranched alkanes of at least 4 members (excludes halogenated alkanes) is 2. The van der Waals surface area contributed by atoms with Crippen molar-refractivity contribution in [2.45, 2.75) is 45.6 Å². The highest BCUT2D eigenvalue weighted by Crippen LogP contribution is 2.24. The van der Waals surface area contributed by atoms with Crippen LogP contribution in [0, 0.1) is 0 Å². The zero-order chi connectivity index (χ0) is 11.8. The number of nitrogens with one attached hydrogen (secondary N) is 1. The van der Waals surface area contributed by atoms with Gasteiger partial charge in [-0.3, -0.25) is 4.98 Å². The minimum Gasteiger partial charge on any atom is -0.309 e. The maximum atomic E-state index is 6.17. The molecule has 1 atom stereocenters. The molecule has 1 heterocycles. The summed E-state index contributed by atoms with van der Waals surface area (Å²) in [5.41, 5.74) is 0.988. The van der Waals surface area contributed by atoms with E-state index >= 15 is 0 Å². The van der Waals surface area contributed by atoms with E-state index in [1.54, 1.807) is 0 Å². The van der Waals surface area contributed by atoms with E-state index in [9.17, 15) is 0 Å². The summed E-state index contributed by atoms with van der Waals surface area (Å²) in [6.45, 7) is 5.28. The van der Waals surface area contributed by atoms with E-state index in [1.807, 2.05) is 18.3 Å². The van der Waals surface area contributed by atoms with E-state index in [0.29, 0.717) is 6.04 Å². The van der Waals surface area contributed by atoms with Crippen molar-refractivity contribution >= 4 is 11.6 Å². The molecule has 0 aliphatic carbocycles. The molecule has 0 radical (unpaired) electrons. The summed E-state index contributed by atoms with van der Waals surface area (Å²) < 4.78 is 0. The predicted octanol–water partition coefficient (Wildman–Crippen LogP) is 3.97. The van der Waals surface area contributed by atoms with Gasteiger partial charge in [-0.25, -0.2) is 0 Å². The maximum Gasteiger partial charge on any atom is 0.0758 e. The second kappa shape index (κ2) is 7.64. The van der Waals surface area contributed by atoms with Gasteiger partial charge in [0.2, 0.25) is 0 Å². The molecule has 1 rings (SSSR count). The summed E-state index contributed by atoms with van der Waals surface area (Å²) >= 11 is 6.17. The van der Waals surface area contributed by atoms with Crippen molar-refractivity contribution in [2.24, 2.45) is 0 Å². The van der Waals surface area contributed by atoms with E-state index < -0.39 is 0 Å². The Balaban J connectivity index is 2.65. The van der Waals surface area contributed by atoms with E-state index in [4.69, 9.17) is 11.6 Å². The molecule has 0 aliphatic rings. The molecule has 90 valence electrons. The molecule has 1 N–H and O–H groups in total. The molecule has 3 heteroatoms. The number of pyridine rings is 1. The van der Waals surface area contributed by atoms with E-state index in [1.165, 1.54) is 19.3 Å². The van der Waals surface area contributed by atoms with Gasteiger partial charge in [0.25, 0.3) is 0 Å². The minimum atomic E-state index is 0.297. The molecule has 1 aromatic heterocycles. The van der Waals surface area contributed by atoms with Crippen molar-refractivity contribution in [3.63, 3.8) is 0 Å². The molecular weight excluding hydrogens is 220 g/mol. The molecule has 0 aromatic carbocycles. The van der Waals surface area contributed by atoms with E-state index in [2.05, 4.69) is 24.1 Å². The first-order valence-electron chi connectivity index (χ1n) is 6.13. The van der Waals surface area contributed by atoms with Crippen LogP contribution in [0.4, 0.5) is 0 Å². The number of aromatic nitrogens is 1. The fourth-order valence-corrected chi connectivity index (χ4v) is 2.09. The van der Waals surface area contributed by atoms with Crippen molar-refractivity contribution in [1.82, 2.24) is 10.3 Å². The van der Waals surface area contributed by atoms with Crippen molar-refractivity contribution in [3.05, 3.63) is 29.0 Å². The highest BCUT2D eigenvalue weighted by molar-refractivity contribution is 6.31. The van der Waals surface area contributed by atoms with E-state index in [0.717, 1.165) is 23.7 Å². The lowest BCUT2D eigenvalue weighted by molar-refractivity contribution is 0.477. The summed E-state index contributed by atoms with van der Waals surface area (Å²) in [6, 6.07) is 4.08. The van der Waals surface area contributed by atoms with Gasteiger partial charge in [0.1, 0.15) is 0 Å². The Morgan fingerprint density at radius 3 is 2.81 bits per heavy atom. The average molecular weight is 241 g/mol. The lowest BCUT2D eigenvalue weighted by Gasteiger charge is -2.18. The van der Waals surface area contributed by atoms with Gasteiger partial charge in [-0.2, -0.15) is 0 Å². The van der Waals surface area contributed by atoms with Gasteiger partial charge >= 0.3 is 0 Å². The molecule has 1 unspecified atom stereocenters. The van der Waals surface area contributed by atoms with Crippen molar-refractivity contribution < 1.29 is 0 Å². The van der Waals surface area contributed by atoms with Gasteiger partial charge in [0.05, 0.1) is 16.8 Å². The first-order chi connectivity index (χ1) is 7.79. The summed E-state index contributed by atoms with van der Waals surface area (Å²) in [5, 5.41) is 4.22. The Kier molecular flexibility index (Phi) is 6.43. The smallest absolute Gasteiger partial charge is 0.0758 e. The third-order valence-corrected chi connectivity index (χ3v) is 2.98. The fraction of sp³-hybridized carbons (Fsp3) is 0.615. The van der Waals surface area contributed by atoms with Crippen LogP contribution in [0.5, 0.6) is 0 Å². The largest absolute Gasteiger partial charge is 0.309 e. The molecule has 0 aliphatic heterocycles. The Morgan fingerprint density at radius 2 is 2.19 bits per heavy atom. The van der Waals surface area contributed by atoms with Crippen LogP contribution in [-0.4, -0.2) is 11.5 Å². The lowest BCUT2D eigenvalue weighted by Crippen LogP contribution is -2.22. The second-order valence-electron chi connectivity index (χ2n) is 3.98. The van der Waals surface area contributed by atoms with Gasteiger partial charge in [-0.05, 0) is 25.1 Å². The van der Waals surface area contributed by atoms with Crippen LogP contribution < -0.4 is 5.32 Å². The van der Waals surface area contributed by atoms with Crippen LogP contribution >= 0.6 is 11.6 Å². The second-order valence-corrected chi connectivity index (χ2v) is 4.38. The standard InChI is InChI=1S/C13H21ClN2/c1-3-5-6-9-12(15-4-2)13-11(14)8-7-10-16-13/h7-8,10,12,15H,3-6,9H2,1-2H3. The van der Waals surface area contributed by atoms with Gasteiger partial charge in [0, 0.05) is 6.20 Å². The lowest BCUT2D eigenvalue weighted by atomic mass is 10.0. The van der Waals surface area contributed by atoms with Crippen molar-refractivity contribution in [3.8, 4) is 0 Å². The van der Waals surface area contributed by atoms with Gasteiger partial charge in [-0.1, -0.05) is 44.7 Å². The Hall–Kier alpha value is -0.600. The monoisotopic (exact) mass is 240 g/mol. The highest BCUT2D eigenvalue weighted by atomic mass is 35.5. The Morgan fingerprint density at radius 1 is 1.38 bits per heavy atom. The van der Waals surface area contributed by atoms with Crippen molar-refractivity contribution in [1.29, 1.82) is 0 Å². The SMILES string of the molecule is CCCCCC(NCC)c1ncccc1Cl. The number of hydrogen-bond acceptors (Lipinski definition) is 2. The maximum absolute atomic E-state index is 6.17. The van der Waals surface area contributed by atoms with Crippen LogP contribution in [0.15, 0.2) is 18.3 Å². The van der Waals surface area contributed by atoms with E-state index in [-0.39, 0.29) is 0 Å².